The molecule has 134 valence electrons. The average molecular weight is 375 g/mol. The summed E-state index contributed by atoms with van der Waals surface area (Å²) < 4.78 is 2.72. The van der Waals surface area contributed by atoms with Crippen molar-refractivity contribution in [3.8, 4) is 0 Å². The zero-order valence-electron chi connectivity index (χ0n) is 13.8. The van der Waals surface area contributed by atoms with Gasteiger partial charge in [0.05, 0.1) is 30.2 Å². The monoisotopic (exact) mass is 374 g/mol. The molecule has 0 spiro atoms. The van der Waals surface area contributed by atoms with Gasteiger partial charge in [0.15, 0.2) is 6.54 Å². The van der Waals surface area contributed by atoms with Crippen molar-refractivity contribution in [2.75, 3.05) is 5.32 Å². The zero-order valence-corrected chi connectivity index (χ0v) is 14.6. The van der Waals surface area contributed by atoms with E-state index in [1.807, 2.05) is 12.1 Å². The molecule has 0 atom stereocenters. The normalized spacial score (nSPS) is 10.7. The highest BCUT2D eigenvalue weighted by atomic mass is 35.5. The summed E-state index contributed by atoms with van der Waals surface area (Å²) in [6.07, 6.45) is 3.19. The van der Waals surface area contributed by atoms with Gasteiger partial charge in [0, 0.05) is 11.2 Å². The summed E-state index contributed by atoms with van der Waals surface area (Å²) in [5, 5.41) is 22.4. The lowest BCUT2D eigenvalue weighted by Gasteiger charge is -2.02. The van der Waals surface area contributed by atoms with Crippen LogP contribution in [0.3, 0.4) is 0 Å². The molecule has 0 aliphatic rings. The number of halogens is 1. The van der Waals surface area contributed by atoms with Crippen LogP contribution in [-0.2, 0) is 17.9 Å². The molecule has 0 aliphatic carbocycles. The Hall–Kier alpha value is -3.20. The van der Waals surface area contributed by atoms with Crippen LogP contribution < -0.4 is 5.32 Å². The van der Waals surface area contributed by atoms with E-state index in [1.165, 1.54) is 12.3 Å². The summed E-state index contributed by atoms with van der Waals surface area (Å²) in [4.78, 5) is 22.5. The van der Waals surface area contributed by atoms with Crippen LogP contribution in [0.5, 0.6) is 0 Å². The first-order valence-electron chi connectivity index (χ1n) is 7.66. The fourth-order valence-corrected chi connectivity index (χ4v) is 2.55. The van der Waals surface area contributed by atoms with Gasteiger partial charge in [0.25, 0.3) is 5.91 Å². The van der Waals surface area contributed by atoms with Crippen LogP contribution in [0.2, 0.25) is 5.02 Å². The van der Waals surface area contributed by atoms with Crippen molar-refractivity contribution in [2.24, 2.45) is 0 Å². The summed E-state index contributed by atoms with van der Waals surface area (Å²) in [6.45, 7) is 1.89. The van der Waals surface area contributed by atoms with E-state index in [0.29, 0.717) is 22.9 Å². The Morgan fingerprint density at radius 1 is 1.35 bits per heavy atom. The second kappa shape index (κ2) is 7.36. The van der Waals surface area contributed by atoms with Gasteiger partial charge in [-0.2, -0.15) is 5.10 Å². The van der Waals surface area contributed by atoms with Crippen LogP contribution in [0.15, 0.2) is 42.7 Å². The molecule has 9 nitrogen and oxygen atoms in total. The van der Waals surface area contributed by atoms with Crippen molar-refractivity contribution in [3.63, 3.8) is 0 Å². The largest absolute Gasteiger partial charge is 0.358 e. The summed E-state index contributed by atoms with van der Waals surface area (Å²) in [7, 11) is 0. The number of carbonyl (C=O) groups excluding carboxylic acids is 1. The highest BCUT2D eigenvalue weighted by Crippen LogP contribution is 2.14. The van der Waals surface area contributed by atoms with Gasteiger partial charge >= 0.3 is 5.82 Å². The van der Waals surface area contributed by atoms with Crippen LogP contribution in [0.1, 0.15) is 11.3 Å². The van der Waals surface area contributed by atoms with Crippen molar-refractivity contribution in [3.05, 3.63) is 69.1 Å². The minimum atomic E-state index is -0.572. The van der Waals surface area contributed by atoms with Gasteiger partial charge in [-0.1, -0.05) is 28.8 Å². The number of nitrogens with zero attached hydrogens (tertiary/aromatic N) is 5. The molecule has 0 aliphatic heterocycles. The Kier molecular flexibility index (Phi) is 4.99. The lowest BCUT2D eigenvalue weighted by atomic mass is 10.2. The van der Waals surface area contributed by atoms with Crippen LogP contribution in [0.25, 0.3) is 0 Å². The molecule has 0 saturated heterocycles. The predicted octanol–water partition coefficient (Wildman–Crippen LogP) is 2.64. The molecule has 0 unspecified atom stereocenters. The van der Waals surface area contributed by atoms with E-state index in [-0.39, 0.29) is 12.4 Å². The number of amides is 1. The number of anilines is 1. The van der Waals surface area contributed by atoms with Crippen LogP contribution in [0.4, 0.5) is 11.5 Å². The molecule has 0 bridgehead atoms. The second-order valence-corrected chi connectivity index (χ2v) is 6.10. The third kappa shape index (κ3) is 4.25. The molecular weight excluding hydrogens is 360 g/mol. The number of nitro groups is 1. The van der Waals surface area contributed by atoms with Gasteiger partial charge in [-0.3, -0.25) is 9.48 Å². The van der Waals surface area contributed by atoms with E-state index in [4.69, 9.17) is 11.6 Å². The maximum Gasteiger partial charge on any atom is 0.345 e. The summed E-state index contributed by atoms with van der Waals surface area (Å²) in [6, 6.07) is 8.68. The first-order chi connectivity index (χ1) is 12.4. The van der Waals surface area contributed by atoms with E-state index >= 15 is 0 Å². The second-order valence-electron chi connectivity index (χ2n) is 5.66. The van der Waals surface area contributed by atoms with Gasteiger partial charge in [-0.25, -0.2) is 0 Å². The molecule has 1 amide bonds. The molecule has 10 heteroatoms. The molecule has 0 saturated carbocycles. The van der Waals surface area contributed by atoms with Crippen molar-refractivity contribution >= 4 is 29.0 Å². The highest BCUT2D eigenvalue weighted by molar-refractivity contribution is 6.30. The molecule has 0 radical (unpaired) electrons. The number of hydrogen-bond acceptors (Lipinski definition) is 5. The van der Waals surface area contributed by atoms with E-state index in [2.05, 4.69) is 15.5 Å². The fraction of sp³-hybridized carbons (Fsp3) is 0.188. The lowest BCUT2D eigenvalue weighted by Crippen LogP contribution is -2.20. The van der Waals surface area contributed by atoms with Crippen molar-refractivity contribution in [1.29, 1.82) is 0 Å². The topological polar surface area (TPSA) is 108 Å². The van der Waals surface area contributed by atoms with Crippen molar-refractivity contribution in [1.82, 2.24) is 19.6 Å². The summed E-state index contributed by atoms with van der Waals surface area (Å²) >= 11 is 5.86. The molecule has 3 aromatic rings. The predicted molar refractivity (Wildman–Crippen MR) is 95.0 cm³/mol. The van der Waals surface area contributed by atoms with Crippen molar-refractivity contribution in [2.45, 2.75) is 20.0 Å². The Labute approximate surface area is 153 Å². The molecule has 2 heterocycles. The molecule has 1 N–H and O–H groups in total. The maximum absolute atomic E-state index is 12.1. The number of benzene rings is 1. The van der Waals surface area contributed by atoms with E-state index in [1.54, 1.807) is 29.9 Å². The lowest BCUT2D eigenvalue weighted by molar-refractivity contribution is -0.392. The Balaban J connectivity index is 1.63. The standard InChI is InChI=1S/C16H15ClN6O3/c1-11-6-16(23(25)26)22(20-11)10-15(24)19-14-7-18-21(9-14)8-12-2-4-13(17)5-3-12/h2-7,9H,8,10H2,1H3,(H,19,24). The first kappa shape index (κ1) is 17.6. The average Bonchev–Trinajstić information content (AvgIpc) is 3.16. The SMILES string of the molecule is Cc1cc([N+](=O)[O-])n(CC(=O)Nc2cnn(Cc3ccc(Cl)cc3)c2)n1. The van der Waals surface area contributed by atoms with Gasteiger partial charge in [-0.15, -0.1) is 4.68 Å². The molecule has 26 heavy (non-hydrogen) atoms. The van der Waals surface area contributed by atoms with Gasteiger partial charge < -0.3 is 15.4 Å². The Bertz CT molecular complexity index is 947. The number of rotatable bonds is 6. The summed E-state index contributed by atoms with van der Waals surface area (Å²) in [5.41, 5.74) is 1.98. The first-order valence-corrected chi connectivity index (χ1v) is 8.04. The van der Waals surface area contributed by atoms with Crippen LogP contribution in [-0.4, -0.2) is 30.4 Å². The Morgan fingerprint density at radius 3 is 2.77 bits per heavy atom. The number of nitrogens with one attached hydrogen (secondary N) is 1. The minimum absolute atomic E-state index is 0.226. The molecular formula is C16H15ClN6O3. The summed E-state index contributed by atoms with van der Waals surface area (Å²) in [5.74, 6) is -0.654. The van der Waals surface area contributed by atoms with E-state index < -0.39 is 10.8 Å². The van der Waals surface area contributed by atoms with E-state index in [0.717, 1.165) is 10.2 Å². The van der Waals surface area contributed by atoms with E-state index in [9.17, 15) is 14.9 Å². The third-order valence-electron chi connectivity index (χ3n) is 3.54. The van der Waals surface area contributed by atoms with Gasteiger partial charge in [-0.05, 0) is 29.5 Å². The smallest absolute Gasteiger partial charge is 0.345 e. The highest BCUT2D eigenvalue weighted by Gasteiger charge is 2.19. The fourth-order valence-electron chi connectivity index (χ4n) is 2.42. The number of carbonyl (C=O) groups is 1. The van der Waals surface area contributed by atoms with Crippen LogP contribution >= 0.6 is 11.6 Å². The quantitative estimate of drug-likeness (QED) is 0.527. The molecule has 0 fully saturated rings. The molecule has 2 aromatic heterocycles. The van der Waals surface area contributed by atoms with Gasteiger partial charge in [0.2, 0.25) is 0 Å². The number of aromatic nitrogens is 4. The van der Waals surface area contributed by atoms with Crippen molar-refractivity contribution < 1.29 is 9.72 Å². The van der Waals surface area contributed by atoms with Crippen LogP contribution in [0, 0.1) is 17.0 Å². The number of aryl methyl sites for hydroxylation is 1. The molecule has 1 aromatic carbocycles. The number of hydrogen-bond donors (Lipinski definition) is 1. The molecule has 3 rings (SSSR count). The zero-order chi connectivity index (χ0) is 18.7. The maximum atomic E-state index is 12.1. The third-order valence-corrected chi connectivity index (χ3v) is 3.79. The van der Waals surface area contributed by atoms with Gasteiger partial charge in [0.1, 0.15) is 0 Å². The Morgan fingerprint density at radius 2 is 2.08 bits per heavy atom. The minimum Gasteiger partial charge on any atom is -0.358 e.